The van der Waals surface area contributed by atoms with E-state index in [0.717, 1.165) is 0 Å². The number of rotatable bonds is 2. The van der Waals surface area contributed by atoms with Crippen molar-refractivity contribution in [1.82, 2.24) is 0 Å². The second-order valence-corrected chi connectivity index (χ2v) is 3.87. The minimum Gasteiger partial charge on any atom is -0.481 e. The molecule has 2 atom stereocenters. The van der Waals surface area contributed by atoms with Crippen LogP contribution >= 0.6 is 0 Å². The van der Waals surface area contributed by atoms with Gasteiger partial charge in [-0.25, -0.2) is 4.39 Å². The van der Waals surface area contributed by atoms with Crippen LogP contribution < -0.4 is 0 Å². The maximum Gasteiger partial charge on any atom is 0.307 e. The fourth-order valence-electron chi connectivity index (χ4n) is 1.79. The van der Waals surface area contributed by atoms with Crippen LogP contribution in [0.2, 0.25) is 0 Å². The monoisotopic (exact) mass is 172 g/mol. The second-order valence-electron chi connectivity index (χ2n) is 3.87. The van der Waals surface area contributed by atoms with E-state index in [9.17, 15) is 9.18 Å². The Labute approximate surface area is 71.1 Å². The second kappa shape index (κ2) is 2.88. The molecule has 2 nitrogen and oxygen atoms in total. The lowest BCUT2D eigenvalue weighted by Crippen LogP contribution is -2.47. The first-order valence-corrected chi connectivity index (χ1v) is 4.00. The summed E-state index contributed by atoms with van der Waals surface area (Å²) in [6.07, 6.45) is 2.51. The zero-order chi connectivity index (χ0) is 9.35. The van der Waals surface area contributed by atoms with Gasteiger partial charge in [0.2, 0.25) is 0 Å². The third-order valence-electron chi connectivity index (χ3n) is 2.95. The smallest absolute Gasteiger partial charge is 0.307 e. The van der Waals surface area contributed by atoms with Crippen molar-refractivity contribution < 1.29 is 14.3 Å². The van der Waals surface area contributed by atoms with Crippen LogP contribution in [-0.4, -0.2) is 11.1 Å². The third kappa shape index (κ3) is 1.24. The normalized spacial score (nSPS) is 33.2. The number of hydrogen-bond donors (Lipinski definition) is 1. The minimum atomic E-state index is -0.775. The van der Waals surface area contributed by atoms with E-state index in [4.69, 9.17) is 5.11 Å². The van der Waals surface area contributed by atoms with Gasteiger partial charge in [-0.2, -0.15) is 0 Å². The number of carbonyl (C=O) groups is 1. The predicted octanol–water partition coefficient (Wildman–Crippen LogP) is 2.22. The van der Waals surface area contributed by atoms with Gasteiger partial charge >= 0.3 is 5.97 Å². The standard InChI is InChI=1S/C9H13FO2/c1-9(2)6(3-4-10)5-7(9)8(11)12/h3-4,6-7H,5H2,1-2H3,(H,11,12). The lowest BCUT2D eigenvalue weighted by atomic mass is 9.55. The molecule has 1 aliphatic carbocycles. The number of hydrogen-bond acceptors (Lipinski definition) is 1. The molecular formula is C9H13FO2. The van der Waals surface area contributed by atoms with Gasteiger partial charge in [-0.3, -0.25) is 4.79 Å². The van der Waals surface area contributed by atoms with Crippen molar-refractivity contribution in [3.05, 3.63) is 12.4 Å². The molecule has 0 aliphatic heterocycles. The summed E-state index contributed by atoms with van der Waals surface area (Å²) < 4.78 is 11.8. The summed E-state index contributed by atoms with van der Waals surface area (Å²) in [7, 11) is 0. The summed E-state index contributed by atoms with van der Waals surface area (Å²) in [4.78, 5) is 10.6. The van der Waals surface area contributed by atoms with Gasteiger partial charge in [-0.05, 0) is 17.8 Å². The first kappa shape index (κ1) is 9.23. The van der Waals surface area contributed by atoms with E-state index in [-0.39, 0.29) is 17.3 Å². The Balaban J connectivity index is 2.65. The number of aliphatic carboxylic acids is 1. The van der Waals surface area contributed by atoms with Crippen LogP contribution in [0.5, 0.6) is 0 Å². The molecule has 1 N–H and O–H groups in total. The summed E-state index contributed by atoms with van der Waals surface area (Å²) in [6.45, 7) is 3.72. The Kier molecular flexibility index (Phi) is 2.22. The van der Waals surface area contributed by atoms with Crippen molar-refractivity contribution >= 4 is 5.97 Å². The minimum absolute atomic E-state index is 0.0728. The topological polar surface area (TPSA) is 37.3 Å². The van der Waals surface area contributed by atoms with Gasteiger partial charge in [0, 0.05) is 0 Å². The van der Waals surface area contributed by atoms with Crippen LogP contribution in [0, 0.1) is 17.3 Å². The molecule has 0 aromatic rings. The van der Waals surface area contributed by atoms with Crippen LogP contribution in [0.25, 0.3) is 0 Å². The Morgan fingerprint density at radius 2 is 2.25 bits per heavy atom. The Morgan fingerprint density at radius 3 is 2.58 bits per heavy atom. The van der Waals surface area contributed by atoms with Crippen molar-refractivity contribution in [1.29, 1.82) is 0 Å². The molecule has 1 rings (SSSR count). The van der Waals surface area contributed by atoms with E-state index in [1.165, 1.54) is 6.08 Å². The highest BCUT2D eigenvalue weighted by Gasteiger charge is 2.50. The molecule has 68 valence electrons. The highest BCUT2D eigenvalue weighted by molar-refractivity contribution is 5.72. The van der Waals surface area contributed by atoms with Crippen molar-refractivity contribution in [3.8, 4) is 0 Å². The van der Waals surface area contributed by atoms with Crippen molar-refractivity contribution in [3.63, 3.8) is 0 Å². The van der Waals surface area contributed by atoms with Crippen LogP contribution in [0.15, 0.2) is 12.4 Å². The van der Waals surface area contributed by atoms with Crippen molar-refractivity contribution in [2.75, 3.05) is 0 Å². The molecule has 0 spiro atoms. The Hall–Kier alpha value is -0.860. The summed E-state index contributed by atoms with van der Waals surface area (Å²) in [6, 6.07) is 0. The maximum atomic E-state index is 11.8. The van der Waals surface area contributed by atoms with Gasteiger partial charge < -0.3 is 5.11 Å². The van der Waals surface area contributed by atoms with Gasteiger partial charge in [0.05, 0.1) is 12.2 Å². The largest absolute Gasteiger partial charge is 0.481 e. The average Bonchev–Trinajstić information content (AvgIpc) is 1.96. The van der Waals surface area contributed by atoms with Gasteiger partial charge in [-0.1, -0.05) is 19.9 Å². The number of halogens is 1. The van der Waals surface area contributed by atoms with E-state index < -0.39 is 5.97 Å². The van der Waals surface area contributed by atoms with E-state index in [0.29, 0.717) is 12.8 Å². The van der Waals surface area contributed by atoms with Crippen LogP contribution in [0.4, 0.5) is 4.39 Å². The molecule has 3 heteroatoms. The molecule has 0 radical (unpaired) electrons. The molecule has 0 bridgehead atoms. The summed E-state index contributed by atoms with van der Waals surface area (Å²) in [5.41, 5.74) is -0.297. The van der Waals surface area contributed by atoms with Crippen molar-refractivity contribution in [2.24, 2.45) is 17.3 Å². The number of allylic oxidation sites excluding steroid dienone is 1. The van der Waals surface area contributed by atoms with E-state index in [1.807, 2.05) is 13.8 Å². The molecule has 0 aromatic carbocycles. The molecule has 1 fully saturated rings. The summed E-state index contributed by atoms with van der Waals surface area (Å²) >= 11 is 0. The molecule has 0 amide bonds. The van der Waals surface area contributed by atoms with E-state index in [1.54, 1.807) is 0 Å². The molecule has 1 saturated carbocycles. The predicted molar refractivity (Wildman–Crippen MR) is 43.3 cm³/mol. The zero-order valence-corrected chi connectivity index (χ0v) is 7.25. The molecule has 2 unspecified atom stereocenters. The zero-order valence-electron chi connectivity index (χ0n) is 7.25. The van der Waals surface area contributed by atoms with Crippen LogP contribution in [0.1, 0.15) is 20.3 Å². The summed E-state index contributed by atoms with van der Waals surface area (Å²) in [5.74, 6) is -1.02. The highest BCUT2D eigenvalue weighted by Crippen LogP contribution is 2.51. The fraction of sp³-hybridized carbons (Fsp3) is 0.667. The lowest BCUT2D eigenvalue weighted by molar-refractivity contribution is -0.156. The Bertz CT molecular complexity index is 221. The van der Waals surface area contributed by atoms with Gasteiger partial charge in [0.1, 0.15) is 0 Å². The molecule has 0 saturated heterocycles. The quantitative estimate of drug-likeness (QED) is 0.693. The number of carboxylic acid groups (broad SMARTS) is 1. The van der Waals surface area contributed by atoms with Gasteiger partial charge in [-0.15, -0.1) is 0 Å². The molecule has 12 heavy (non-hydrogen) atoms. The van der Waals surface area contributed by atoms with Crippen molar-refractivity contribution in [2.45, 2.75) is 20.3 Å². The molecular weight excluding hydrogens is 159 g/mol. The first-order valence-electron chi connectivity index (χ1n) is 4.00. The Morgan fingerprint density at radius 1 is 1.67 bits per heavy atom. The first-order chi connectivity index (χ1) is 5.50. The highest BCUT2D eigenvalue weighted by atomic mass is 19.1. The molecule has 0 aromatic heterocycles. The SMILES string of the molecule is CC1(C)C(C=CF)CC1C(=O)O. The van der Waals surface area contributed by atoms with Crippen LogP contribution in [-0.2, 0) is 4.79 Å². The third-order valence-corrected chi connectivity index (χ3v) is 2.95. The number of carboxylic acids is 1. The lowest BCUT2D eigenvalue weighted by Gasteiger charge is -2.48. The van der Waals surface area contributed by atoms with Crippen LogP contribution in [0.3, 0.4) is 0 Å². The van der Waals surface area contributed by atoms with E-state index in [2.05, 4.69) is 0 Å². The van der Waals surface area contributed by atoms with Gasteiger partial charge in [0.15, 0.2) is 0 Å². The maximum absolute atomic E-state index is 11.8. The fourth-order valence-corrected chi connectivity index (χ4v) is 1.79. The summed E-state index contributed by atoms with van der Waals surface area (Å²) in [5, 5.41) is 8.74. The van der Waals surface area contributed by atoms with E-state index >= 15 is 0 Å². The van der Waals surface area contributed by atoms with Gasteiger partial charge in [0.25, 0.3) is 0 Å². The molecule has 1 aliphatic rings. The molecule has 0 heterocycles. The average molecular weight is 172 g/mol.